The quantitative estimate of drug-likeness (QED) is 0.781. The van der Waals surface area contributed by atoms with Crippen molar-refractivity contribution in [3.8, 4) is 0 Å². The normalized spacial score (nSPS) is 12.1. The zero-order chi connectivity index (χ0) is 9.47. The summed E-state index contributed by atoms with van der Waals surface area (Å²) in [6, 6.07) is 6.84. The lowest BCUT2D eigenvalue weighted by Gasteiger charge is -1.98. The molecule has 1 aromatic heterocycles. The highest BCUT2D eigenvalue weighted by atomic mass is 32.2. The van der Waals surface area contributed by atoms with E-state index in [1.165, 1.54) is 17.4 Å². The van der Waals surface area contributed by atoms with Gasteiger partial charge in [-0.05, 0) is 23.6 Å². The molecule has 13 heavy (non-hydrogen) atoms. The molecule has 0 spiro atoms. The highest BCUT2D eigenvalue weighted by Crippen LogP contribution is 2.26. The fraction of sp³-hybridized carbons (Fsp3) is 0. The van der Waals surface area contributed by atoms with E-state index in [9.17, 15) is 8.42 Å². The summed E-state index contributed by atoms with van der Waals surface area (Å²) in [6.45, 7) is 0. The topological polar surface area (TPSA) is 60.2 Å². The molecule has 0 amide bonds. The molecule has 0 saturated heterocycles. The summed E-state index contributed by atoms with van der Waals surface area (Å²) in [6.07, 6.45) is 0. The first-order valence-corrected chi connectivity index (χ1v) is 6.00. The van der Waals surface area contributed by atoms with Gasteiger partial charge in [-0.1, -0.05) is 6.07 Å². The minimum Gasteiger partial charge on any atom is -0.225 e. The second-order valence-electron chi connectivity index (χ2n) is 2.63. The molecule has 0 aliphatic rings. The number of rotatable bonds is 1. The number of fused-ring (bicyclic) bond motifs is 1. The summed E-state index contributed by atoms with van der Waals surface area (Å²) >= 11 is 1.50. The van der Waals surface area contributed by atoms with Crippen molar-refractivity contribution < 1.29 is 8.42 Å². The Kier molecular flexibility index (Phi) is 1.87. The Hall–Kier alpha value is -0.910. The van der Waals surface area contributed by atoms with Crippen molar-refractivity contribution in [3.63, 3.8) is 0 Å². The van der Waals surface area contributed by atoms with Crippen LogP contribution in [-0.2, 0) is 10.0 Å². The molecule has 0 unspecified atom stereocenters. The van der Waals surface area contributed by atoms with Gasteiger partial charge in [0.1, 0.15) is 0 Å². The molecule has 0 atom stereocenters. The summed E-state index contributed by atoms with van der Waals surface area (Å²) in [5.74, 6) is 0. The first kappa shape index (κ1) is 8.68. The van der Waals surface area contributed by atoms with Crippen LogP contribution < -0.4 is 5.14 Å². The van der Waals surface area contributed by atoms with E-state index in [2.05, 4.69) is 0 Å². The Morgan fingerprint density at radius 2 is 2.00 bits per heavy atom. The Bertz CT molecular complexity index is 542. The van der Waals surface area contributed by atoms with Crippen molar-refractivity contribution in [2.75, 3.05) is 0 Å². The molecular weight excluding hydrogens is 206 g/mol. The van der Waals surface area contributed by atoms with Crippen LogP contribution in [0.5, 0.6) is 0 Å². The van der Waals surface area contributed by atoms with E-state index in [1.807, 2.05) is 11.4 Å². The first-order valence-electron chi connectivity index (χ1n) is 3.58. The standard InChI is InChI=1S/C8H7NO2S2/c9-13(10,11)8-3-1-2-7-6(8)4-5-12-7/h1-5H,(H2,9,10,11). The van der Waals surface area contributed by atoms with Crippen LogP contribution >= 0.6 is 11.3 Å². The maximum atomic E-state index is 11.1. The van der Waals surface area contributed by atoms with Crippen LogP contribution in [0.3, 0.4) is 0 Å². The molecule has 0 fully saturated rings. The number of hydrogen-bond donors (Lipinski definition) is 1. The Labute approximate surface area is 79.9 Å². The van der Waals surface area contributed by atoms with Crippen molar-refractivity contribution in [1.82, 2.24) is 0 Å². The van der Waals surface area contributed by atoms with Gasteiger partial charge in [0.05, 0.1) is 4.90 Å². The lowest BCUT2D eigenvalue weighted by molar-refractivity contribution is 0.598. The number of thiophene rings is 1. The molecule has 1 heterocycles. The summed E-state index contributed by atoms with van der Waals surface area (Å²) in [7, 11) is -3.59. The molecule has 68 valence electrons. The van der Waals surface area contributed by atoms with Crippen LogP contribution in [0.1, 0.15) is 0 Å². The molecule has 0 aliphatic heterocycles. The third-order valence-corrected chi connectivity index (χ3v) is 3.61. The maximum Gasteiger partial charge on any atom is 0.238 e. The van der Waals surface area contributed by atoms with Gasteiger partial charge in [0.2, 0.25) is 10.0 Å². The second-order valence-corrected chi connectivity index (χ2v) is 5.11. The Morgan fingerprint density at radius 3 is 2.69 bits per heavy atom. The van der Waals surface area contributed by atoms with Gasteiger partial charge in [-0.15, -0.1) is 11.3 Å². The Morgan fingerprint density at radius 1 is 1.23 bits per heavy atom. The fourth-order valence-corrected chi connectivity index (χ4v) is 2.84. The maximum absolute atomic E-state index is 11.1. The number of benzene rings is 1. The van der Waals surface area contributed by atoms with Crippen molar-refractivity contribution in [3.05, 3.63) is 29.6 Å². The van der Waals surface area contributed by atoms with Gasteiger partial charge >= 0.3 is 0 Å². The van der Waals surface area contributed by atoms with E-state index >= 15 is 0 Å². The summed E-state index contributed by atoms with van der Waals surface area (Å²) in [5.41, 5.74) is 0. The SMILES string of the molecule is NS(=O)(=O)c1cccc2sccc12. The minimum atomic E-state index is -3.59. The van der Waals surface area contributed by atoms with E-state index in [-0.39, 0.29) is 4.90 Å². The first-order chi connectivity index (χ1) is 6.09. The second kappa shape index (κ2) is 2.80. The molecule has 3 nitrogen and oxygen atoms in total. The molecule has 0 radical (unpaired) electrons. The number of nitrogens with two attached hydrogens (primary N) is 1. The minimum absolute atomic E-state index is 0.200. The predicted molar refractivity (Wildman–Crippen MR) is 53.2 cm³/mol. The van der Waals surface area contributed by atoms with Crippen LogP contribution in [0.25, 0.3) is 10.1 Å². The van der Waals surface area contributed by atoms with Crippen LogP contribution in [0.2, 0.25) is 0 Å². The molecule has 2 aromatic rings. The van der Waals surface area contributed by atoms with Crippen LogP contribution in [0.15, 0.2) is 34.5 Å². The largest absolute Gasteiger partial charge is 0.238 e. The number of sulfonamides is 1. The predicted octanol–water partition coefficient (Wildman–Crippen LogP) is 1.55. The van der Waals surface area contributed by atoms with Crippen molar-refractivity contribution >= 4 is 31.4 Å². The molecule has 0 aliphatic carbocycles. The van der Waals surface area contributed by atoms with Gasteiger partial charge in [0.25, 0.3) is 0 Å². The van der Waals surface area contributed by atoms with Crippen LogP contribution in [0.4, 0.5) is 0 Å². The lowest BCUT2D eigenvalue weighted by atomic mass is 10.3. The fourth-order valence-electron chi connectivity index (χ4n) is 1.21. The molecule has 0 saturated carbocycles. The van der Waals surface area contributed by atoms with Gasteiger partial charge in [-0.25, -0.2) is 13.6 Å². The molecule has 2 N–H and O–H groups in total. The van der Waals surface area contributed by atoms with Crippen molar-refractivity contribution in [2.24, 2.45) is 5.14 Å². The van der Waals surface area contributed by atoms with E-state index in [1.54, 1.807) is 12.1 Å². The van der Waals surface area contributed by atoms with Crippen molar-refractivity contribution in [1.29, 1.82) is 0 Å². The van der Waals surface area contributed by atoms with E-state index in [4.69, 9.17) is 5.14 Å². The van der Waals surface area contributed by atoms with Gasteiger partial charge in [-0.3, -0.25) is 0 Å². The number of hydrogen-bond acceptors (Lipinski definition) is 3. The molecule has 1 aromatic carbocycles. The van der Waals surface area contributed by atoms with Gasteiger partial charge < -0.3 is 0 Å². The summed E-state index contributed by atoms with van der Waals surface area (Å²) < 4.78 is 23.2. The monoisotopic (exact) mass is 213 g/mol. The van der Waals surface area contributed by atoms with E-state index in [0.29, 0.717) is 5.39 Å². The zero-order valence-electron chi connectivity index (χ0n) is 6.60. The highest BCUT2D eigenvalue weighted by Gasteiger charge is 2.11. The zero-order valence-corrected chi connectivity index (χ0v) is 8.23. The molecule has 2 rings (SSSR count). The third kappa shape index (κ3) is 1.46. The average Bonchev–Trinajstić information content (AvgIpc) is 2.48. The summed E-state index contributed by atoms with van der Waals surface area (Å²) in [4.78, 5) is 0.200. The Balaban J connectivity index is 2.91. The van der Waals surface area contributed by atoms with E-state index < -0.39 is 10.0 Å². The third-order valence-electron chi connectivity index (χ3n) is 1.76. The smallest absolute Gasteiger partial charge is 0.225 e. The lowest BCUT2D eigenvalue weighted by Crippen LogP contribution is -2.12. The molecular formula is C8H7NO2S2. The molecule has 5 heteroatoms. The van der Waals surface area contributed by atoms with Gasteiger partial charge in [0, 0.05) is 10.1 Å². The number of primary sulfonamides is 1. The van der Waals surface area contributed by atoms with Crippen LogP contribution in [-0.4, -0.2) is 8.42 Å². The van der Waals surface area contributed by atoms with Crippen LogP contribution in [0, 0.1) is 0 Å². The van der Waals surface area contributed by atoms with Gasteiger partial charge in [-0.2, -0.15) is 0 Å². The summed E-state index contributed by atoms with van der Waals surface area (Å²) in [5, 5.41) is 7.61. The highest BCUT2D eigenvalue weighted by molar-refractivity contribution is 7.89. The van der Waals surface area contributed by atoms with Gasteiger partial charge in [0.15, 0.2) is 0 Å². The molecule has 0 bridgehead atoms. The van der Waals surface area contributed by atoms with E-state index in [0.717, 1.165) is 4.70 Å². The average molecular weight is 213 g/mol. The van der Waals surface area contributed by atoms with Crippen molar-refractivity contribution in [2.45, 2.75) is 4.90 Å².